The number of aromatic nitrogens is 2. The minimum Gasteiger partial charge on any atom is -0.350 e. The van der Waals surface area contributed by atoms with Crippen LogP contribution in [0.3, 0.4) is 0 Å². The van der Waals surface area contributed by atoms with E-state index in [9.17, 15) is 4.79 Å². The van der Waals surface area contributed by atoms with Gasteiger partial charge in [0.05, 0.1) is 21.8 Å². The number of carbonyl (C=O) groups excluding carboxylic acids is 1. The standard InChI is InChI=1S/C26H31Cl2N5O/c1-31-13-15-32(16-14-31)26(10-3-2-4-11-26)18-30-25(34)19-17-33(22-9-6-12-29-24(22)28)21-8-5-7-20(27)23(19)21/h5-9,12,17H,2-4,10-11,13-16,18H2,1H3,(H,30,34). The van der Waals surface area contributed by atoms with Gasteiger partial charge in [0.1, 0.15) is 0 Å². The summed E-state index contributed by atoms with van der Waals surface area (Å²) in [5.74, 6) is -0.101. The smallest absolute Gasteiger partial charge is 0.253 e. The number of hydrogen-bond donors (Lipinski definition) is 1. The lowest BCUT2D eigenvalue weighted by Crippen LogP contribution is -2.61. The molecule has 0 spiro atoms. The van der Waals surface area contributed by atoms with Crippen LogP contribution in [0.2, 0.25) is 10.2 Å². The molecule has 1 saturated heterocycles. The van der Waals surface area contributed by atoms with Crippen molar-refractivity contribution in [1.29, 1.82) is 0 Å². The summed E-state index contributed by atoms with van der Waals surface area (Å²) in [5.41, 5.74) is 2.14. The predicted molar refractivity (Wildman–Crippen MR) is 138 cm³/mol. The lowest BCUT2D eigenvalue weighted by molar-refractivity contribution is 0.0139. The average molecular weight is 500 g/mol. The van der Waals surface area contributed by atoms with Gasteiger partial charge >= 0.3 is 0 Å². The van der Waals surface area contributed by atoms with Crippen molar-refractivity contribution in [2.45, 2.75) is 37.6 Å². The molecule has 2 fully saturated rings. The molecule has 3 aromatic rings. The fraction of sp³-hybridized carbons (Fsp3) is 0.462. The first-order chi connectivity index (χ1) is 16.5. The maximum Gasteiger partial charge on any atom is 0.253 e. The maximum absolute atomic E-state index is 13.6. The summed E-state index contributed by atoms with van der Waals surface area (Å²) in [6.07, 6.45) is 9.45. The summed E-state index contributed by atoms with van der Waals surface area (Å²) in [4.78, 5) is 22.8. The number of nitrogens with zero attached hydrogens (tertiary/aromatic N) is 4. The molecule has 1 saturated carbocycles. The second kappa shape index (κ2) is 9.86. The number of amides is 1. The van der Waals surface area contributed by atoms with Gasteiger partial charge in [-0.05, 0) is 44.2 Å². The van der Waals surface area contributed by atoms with Crippen LogP contribution >= 0.6 is 23.2 Å². The van der Waals surface area contributed by atoms with Crippen LogP contribution < -0.4 is 5.32 Å². The van der Waals surface area contributed by atoms with E-state index in [-0.39, 0.29) is 11.4 Å². The Morgan fingerprint density at radius 1 is 1.06 bits per heavy atom. The fourth-order valence-corrected chi connectivity index (χ4v) is 6.09. The highest BCUT2D eigenvalue weighted by molar-refractivity contribution is 6.37. The third-order valence-electron chi connectivity index (χ3n) is 7.56. The predicted octanol–water partition coefficient (Wildman–Crippen LogP) is 5.01. The molecule has 180 valence electrons. The van der Waals surface area contributed by atoms with Crippen molar-refractivity contribution in [3.63, 3.8) is 0 Å². The molecule has 0 atom stereocenters. The van der Waals surface area contributed by atoms with Crippen LogP contribution in [0.15, 0.2) is 42.7 Å². The van der Waals surface area contributed by atoms with Gasteiger partial charge in [0, 0.05) is 56.0 Å². The number of halogens is 2. The van der Waals surface area contributed by atoms with Crippen molar-refractivity contribution in [2.24, 2.45) is 0 Å². The zero-order valence-corrected chi connectivity index (χ0v) is 21.1. The number of piperazine rings is 1. The second-order valence-electron chi connectivity index (χ2n) is 9.62. The first-order valence-corrected chi connectivity index (χ1v) is 12.9. The van der Waals surface area contributed by atoms with Crippen LogP contribution in [0.5, 0.6) is 0 Å². The lowest BCUT2D eigenvalue weighted by atomic mass is 9.79. The van der Waals surface area contributed by atoms with Crippen molar-refractivity contribution < 1.29 is 4.79 Å². The Kier molecular flexibility index (Phi) is 6.85. The Bertz CT molecular complexity index is 1180. The average Bonchev–Trinajstić information content (AvgIpc) is 3.25. The Morgan fingerprint density at radius 3 is 2.56 bits per heavy atom. The third kappa shape index (κ3) is 4.44. The molecule has 2 aromatic heterocycles. The molecule has 2 aliphatic rings. The van der Waals surface area contributed by atoms with Crippen LogP contribution in [0.25, 0.3) is 16.6 Å². The molecule has 1 amide bonds. The van der Waals surface area contributed by atoms with Gasteiger partial charge in [0.2, 0.25) is 0 Å². The van der Waals surface area contributed by atoms with Gasteiger partial charge in [-0.1, -0.05) is 48.5 Å². The first-order valence-electron chi connectivity index (χ1n) is 12.1. The zero-order valence-electron chi connectivity index (χ0n) is 19.6. The number of nitrogens with one attached hydrogen (secondary N) is 1. The second-order valence-corrected chi connectivity index (χ2v) is 10.4. The van der Waals surface area contributed by atoms with Crippen LogP contribution in [-0.2, 0) is 0 Å². The van der Waals surface area contributed by atoms with Gasteiger partial charge in [-0.25, -0.2) is 4.98 Å². The lowest BCUT2D eigenvalue weighted by Gasteiger charge is -2.49. The summed E-state index contributed by atoms with van der Waals surface area (Å²) in [6.45, 7) is 4.91. The quantitative estimate of drug-likeness (QED) is 0.501. The van der Waals surface area contributed by atoms with E-state index >= 15 is 0 Å². The van der Waals surface area contributed by atoms with Crippen LogP contribution in [0, 0.1) is 0 Å². The summed E-state index contributed by atoms with van der Waals surface area (Å²) in [6, 6.07) is 9.39. The molecule has 1 aliphatic heterocycles. The minimum atomic E-state index is -0.101. The van der Waals surface area contributed by atoms with Gasteiger partial charge in [-0.3, -0.25) is 9.69 Å². The highest BCUT2D eigenvalue weighted by Crippen LogP contribution is 2.35. The number of benzene rings is 1. The molecule has 0 bridgehead atoms. The summed E-state index contributed by atoms with van der Waals surface area (Å²) < 4.78 is 1.91. The molecule has 1 aromatic carbocycles. The van der Waals surface area contributed by atoms with E-state index in [1.807, 2.05) is 41.1 Å². The van der Waals surface area contributed by atoms with Crippen LogP contribution in [-0.4, -0.2) is 70.6 Å². The Labute approximate surface area is 210 Å². The molecule has 5 rings (SSSR count). The summed E-state index contributed by atoms with van der Waals surface area (Å²) >= 11 is 13.0. The first kappa shape index (κ1) is 23.6. The third-order valence-corrected chi connectivity index (χ3v) is 8.16. The number of fused-ring (bicyclic) bond motifs is 1. The number of pyridine rings is 1. The Morgan fingerprint density at radius 2 is 1.82 bits per heavy atom. The van der Waals surface area contributed by atoms with Crippen molar-refractivity contribution in [3.05, 3.63) is 58.5 Å². The highest BCUT2D eigenvalue weighted by Gasteiger charge is 2.39. The van der Waals surface area contributed by atoms with Gasteiger partial charge in [0.15, 0.2) is 5.15 Å². The SMILES string of the molecule is CN1CCN(C2(CNC(=O)c3cn(-c4cccnc4Cl)c4cccc(Cl)c34)CCCCC2)CC1. The largest absolute Gasteiger partial charge is 0.350 e. The molecule has 0 radical (unpaired) electrons. The Balaban J connectivity index is 1.45. The van der Waals surface area contributed by atoms with E-state index in [0.29, 0.717) is 22.3 Å². The van der Waals surface area contributed by atoms with Crippen LogP contribution in [0.1, 0.15) is 42.5 Å². The molecule has 8 heteroatoms. The van der Waals surface area contributed by atoms with Crippen molar-refractivity contribution in [1.82, 2.24) is 24.7 Å². The normalized spacial score (nSPS) is 19.4. The van der Waals surface area contributed by atoms with E-state index in [1.54, 1.807) is 6.20 Å². The minimum absolute atomic E-state index is 0.0317. The fourth-order valence-electron chi connectivity index (χ4n) is 5.61. The van der Waals surface area contributed by atoms with E-state index in [2.05, 4.69) is 27.1 Å². The summed E-state index contributed by atoms with van der Waals surface area (Å²) in [7, 11) is 2.18. The monoisotopic (exact) mass is 499 g/mol. The van der Waals surface area contributed by atoms with Crippen molar-refractivity contribution >= 4 is 40.0 Å². The molecule has 0 unspecified atom stereocenters. The molecule has 6 nitrogen and oxygen atoms in total. The molecule has 34 heavy (non-hydrogen) atoms. The molecule has 1 aliphatic carbocycles. The van der Waals surface area contributed by atoms with Gasteiger partial charge in [-0.15, -0.1) is 0 Å². The Hall–Kier alpha value is -2.12. The van der Waals surface area contributed by atoms with Gasteiger partial charge in [-0.2, -0.15) is 0 Å². The van der Waals surface area contributed by atoms with Gasteiger partial charge < -0.3 is 14.8 Å². The van der Waals surface area contributed by atoms with Crippen molar-refractivity contribution in [2.75, 3.05) is 39.8 Å². The van der Waals surface area contributed by atoms with Crippen LogP contribution in [0.4, 0.5) is 0 Å². The highest BCUT2D eigenvalue weighted by atomic mass is 35.5. The number of rotatable bonds is 5. The van der Waals surface area contributed by atoms with E-state index in [4.69, 9.17) is 23.2 Å². The van der Waals surface area contributed by atoms with Crippen molar-refractivity contribution in [3.8, 4) is 5.69 Å². The number of hydrogen-bond acceptors (Lipinski definition) is 4. The number of likely N-dealkylation sites (N-methyl/N-ethyl adjacent to an activating group) is 1. The maximum atomic E-state index is 13.6. The van der Waals surface area contributed by atoms with E-state index in [0.717, 1.165) is 55.6 Å². The topological polar surface area (TPSA) is 53.4 Å². The van der Waals surface area contributed by atoms with Gasteiger partial charge in [0.25, 0.3) is 5.91 Å². The molecular weight excluding hydrogens is 469 g/mol. The number of carbonyl (C=O) groups is 1. The van der Waals surface area contributed by atoms with E-state index in [1.165, 1.54) is 19.3 Å². The van der Waals surface area contributed by atoms with E-state index < -0.39 is 0 Å². The zero-order chi connectivity index (χ0) is 23.7. The molecule has 1 N–H and O–H groups in total. The molecule has 3 heterocycles. The molecular formula is C26H31Cl2N5O. The summed E-state index contributed by atoms with van der Waals surface area (Å²) in [5, 5.41) is 4.96.